The Labute approximate surface area is 115 Å². The largest absolute Gasteiger partial charge is 0.497 e. The van der Waals surface area contributed by atoms with Crippen molar-refractivity contribution in [2.24, 2.45) is 0 Å². The van der Waals surface area contributed by atoms with Crippen molar-refractivity contribution in [2.45, 2.75) is 5.16 Å². The highest BCUT2D eigenvalue weighted by Gasteiger charge is 2.06. The molecule has 0 radical (unpaired) electrons. The Morgan fingerprint density at radius 1 is 1.44 bits per heavy atom. The van der Waals surface area contributed by atoms with Gasteiger partial charge in [-0.15, -0.1) is 0 Å². The molecule has 0 aliphatic carbocycles. The highest BCUT2D eigenvalue weighted by Crippen LogP contribution is 2.24. The van der Waals surface area contributed by atoms with Gasteiger partial charge in [0.25, 0.3) is 0 Å². The van der Waals surface area contributed by atoms with E-state index in [0.717, 1.165) is 16.6 Å². The molecule has 5 heteroatoms. The molecule has 0 aliphatic heterocycles. The zero-order valence-corrected chi connectivity index (χ0v) is 11.5. The molecule has 3 nitrogen and oxygen atoms in total. The number of hydrogen-bond acceptors (Lipinski definition) is 3. The molecule has 0 amide bonds. The van der Waals surface area contributed by atoms with Crippen molar-refractivity contribution in [1.82, 2.24) is 9.55 Å². The van der Waals surface area contributed by atoms with Crippen LogP contribution in [-0.4, -0.2) is 22.4 Å². The smallest absolute Gasteiger partial charge is 0.172 e. The zero-order valence-electron chi connectivity index (χ0n) is 9.97. The number of benzene rings is 1. The molecule has 0 spiro atoms. The van der Waals surface area contributed by atoms with Gasteiger partial charge in [-0.2, -0.15) is 0 Å². The second kappa shape index (κ2) is 5.98. The van der Waals surface area contributed by atoms with Crippen molar-refractivity contribution in [2.75, 3.05) is 12.9 Å². The van der Waals surface area contributed by atoms with E-state index in [4.69, 9.17) is 16.3 Å². The van der Waals surface area contributed by atoms with E-state index in [0.29, 0.717) is 10.8 Å². The Balaban J connectivity index is 2.21. The van der Waals surface area contributed by atoms with Gasteiger partial charge in [-0.05, 0) is 24.3 Å². The molecule has 1 aromatic carbocycles. The van der Waals surface area contributed by atoms with Crippen LogP contribution in [0.2, 0.25) is 0 Å². The van der Waals surface area contributed by atoms with Gasteiger partial charge in [0.1, 0.15) is 5.75 Å². The molecule has 0 saturated carbocycles. The van der Waals surface area contributed by atoms with E-state index in [1.54, 1.807) is 25.1 Å². The summed E-state index contributed by atoms with van der Waals surface area (Å²) >= 11 is 7.32. The van der Waals surface area contributed by atoms with Crippen LogP contribution in [-0.2, 0) is 0 Å². The summed E-state index contributed by atoms with van der Waals surface area (Å²) in [7, 11) is 1.65. The highest BCUT2D eigenvalue weighted by molar-refractivity contribution is 7.99. The molecule has 0 atom stereocenters. The van der Waals surface area contributed by atoms with Gasteiger partial charge in [0.2, 0.25) is 0 Å². The lowest BCUT2D eigenvalue weighted by Gasteiger charge is -2.08. The van der Waals surface area contributed by atoms with Crippen LogP contribution in [0.5, 0.6) is 5.75 Å². The van der Waals surface area contributed by atoms with Crippen LogP contribution >= 0.6 is 23.4 Å². The second-order valence-corrected chi connectivity index (χ2v) is 5.06. The minimum atomic E-state index is 0.615. The van der Waals surface area contributed by atoms with Crippen molar-refractivity contribution in [3.8, 4) is 11.4 Å². The third kappa shape index (κ3) is 3.09. The average Bonchev–Trinajstić information content (AvgIpc) is 2.85. The Morgan fingerprint density at radius 2 is 2.17 bits per heavy atom. The van der Waals surface area contributed by atoms with Crippen LogP contribution in [0, 0.1) is 0 Å². The van der Waals surface area contributed by atoms with Gasteiger partial charge >= 0.3 is 0 Å². The quantitative estimate of drug-likeness (QED) is 0.781. The van der Waals surface area contributed by atoms with Gasteiger partial charge < -0.3 is 4.74 Å². The van der Waals surface area contributed by atoms with Gasteiger partial charge in [-0.3, -0.25) is 4.57 Å². The molecule has 94 valence electrons. The van der Waals surface area contributed by atoms with Crippen LogP contribution in [0.15, 0.2) is 53.4 Å². The fraction of sp³-hybridized carbons (Fsp3) is 0.154. The van der Waals surface area contributed by atoms with Gasteiger partial charge in [0.05, 0.1) is 7.11 Å². The number of imidazole rings is 1. The SMILES string of the molecule is C=C(Cl)CSc1nccn1-c1ccc(OC)cc1. The molecule has 0 saturated heterocycles. The first-order valence-electron chi connectivity index (χ1n) is 5.34. The minimum absolute atomic E-state index is 0.615. The third-order valence-corrected chi connectivity index (χ3v) is 3.66. The third-order valence-electron chi connectivity index (χ3n) is 2.32. The number of methoxy groups -OCH3 is 1. The zero-order chi connectivity index (χ0) is 13.0. The summed E-state index contributed by atoms with van der Waals surface area (Å²) in [6.45, 7) is 3.67. The van der Waals surface area contributed by atoms with E-state index in [2.05, 4.69) is 11.6 Å². The molecule has 18 heavy (non-hydrogen) atoms. The number of ether oxygens (including phenoxy) is 1. The first kappa shape index (κ1) is 13.1. The maximum Gasteiger partial charge on any atom is 0.172 e. The van der Waals surface area contributed by atoms with Crippen molar-refractivity contribution in [1.29, 1.82) is 0 Å². The summed E-state index contributed by atoms with van der Waals surface area (Å²) in [5, 5.41) is 1.51. The van der Waals surface area contributed by atoms with Crippen LogP contribution in [0.1, 0.15) is 0 Å². The second-order valence-electron chi connectivity index (χ2n) is 3.58. The van der Waals surface area contributed by atoms with Crippen LogP contribution in [0.25, 0.3) is 5.69 Å². The van der Waals surface area contributed by atoms with E-state index in [9.17, 15) is 0 Å². The van der Waals surface area contributed by atoms with E-state index in [1.165, 1.54) is 0 Å². The summed E-state index contributed by atoms with van der Waals surface area (Å²) in [6.07, 6.45) is 3.69. The molecule has 0 bridgehead atoms. The maximum absolute atomic E-state index is 5.76. The molecular formula is C13H13ClN2OS. The molecule has 0 unspecified atom stereocenters. The van der Waals surface area contributed by atoms with Gasteiger partial charge in [0, 0.05) is 28.9 Å². The van der Waals surface area contributed by atoms with Gasteiger partial charge in [-0.1, -0.05) is 29.9 Å². The fourth-order valence-corrected chi connectivity index (χ4v) is 2.37. The molecule has 0 N–H and O–H groups in total. The van der Waals surface area contributed by atoms with E-state index in [1.807, 2.05) is 35.0 Å². The van der Waals surface area contributed by atoms with Crippen LogP contribution < -0.4 is 4.74 Å². The molecule has 0 fully saturated rings. The topological polar surface area (TPSA) is 27.1 Å². The molecule has 1 heterocycles. The number of halogens is 1. The van der Waals surface area contributed by atoms with Crippen molar-refractivity contribution >= 4 is 23.4 Å². The Bertz CT molecular complexity index is 536. The minimum Gasteiger partial charge on any atom is -0.497 e. The lowest BCUT2D eigenvalue weighted by atomic mass is 10.3. The summed E-state index contributed by atoms with van der Waals surface area (Å²) in [5.41, 5.74) is 1.04. The summed E-state index contributed by atoms with van der Waals surface area (Å²) < 4.78 is 7.14. The normalized spacial score (nSPS) is 10.3. The lowest BCUT2D eigenvalue weighted by molar-refractivity contribution is 0.414. The standard InChI is InChI=1S/C13H13ClN2OS/c1-10(14)9-18-13-15-7-8-16(13)11-3-5-12(17-2)6-4-11/h3-8H,1,9H2,2H3. The monoisotopic (exact) mass is 280 g/mol. The Morgan fingerprint density at radius 3 is 2.78 bits per heavy atom. The van der Waals surface area contributed by atoms with Crippen molar-refractivity contribution in [3.05, 3.63) is 48.3 Å². The average molecular weight is 281 g/mol. The summed E-state index contributed by atoms with van der Waals surface area (Å²) in [6, 6.07) is 7.81. The number of hydrogen-bond donors (Lipinski definition) is 0. The first-order chi connectivity index (χ1) is 8.70. The lowest BCUT2D eigenvalue weighted by Crippen LogP contribution is -1.95. The first-order valence-corrected chi connectivity index (χ1v) is 6.71. The predicted octanol–water partition coefficient (Wildman–Crippen LogP) is 3.73. The van der Waals surface area contributed by atoms with Crippen molar-refractivity contribution < 1.29 is 4.74 Å². The van der Waals surface area contributed by atoms with Gasteiger partial charge in [0.15, 0.2) is 5.16 Å². The van der Waals surface area contributed by atoms with Crippen LogP contribution in [0.4, 0.5) is 0 Å². The predicted molar refractivity (Wildman–Crippen MR) is 75.8 cm³/mol. The Kier molecular flexibility index (Phi) is 4.33. The maximum atomic E-state index is 5.76. The molecule has 0 aliphatic rings. The molecule has 2 rings (SSSR count). The van der Waals surface area contributed by atoms with Crippen molar-refractivity contribution in [3.63, 3.8) is 0 Å². The molecule has 1 aromatic heterocycles. The highest BCUT2D eigenvalue weighted by atomic mass is 35.5. The fourth-order valence-electron chi connectivity index (χ4n) is 1.48. The number of aromatic nitrogens is 2. The molecular weight excluding hydrogens is 268 g/mol. The summed E-state index contributed by atoms with van der Waals surface area (Å²) in [4.78, 5) is 4.30. The van der Waals surface area contributed by atoms with E-state index >= 15 is 0 Å². The van der Waals surface area contributed by atoms with E-state index < -0.39 is 0 Å². The van der Waals surface area contributed by atoms with E-state index in [-0.39, 0.29) is 0 Å². The number of thioether (sulfide) groups is 1. The molecule has 2 aromatic rings. The number of rotatable bonds is 5. The Hall–Kier alpha value is -1.39. The number of nitrogens with zero attached hydrogens (tertiary/aromatic N) is 2. The summed E-state index contributed by atoms with van der Waals surface area (Å²) in [5.74, 6) is 1.48. The van der Waals surface area contributed by atoms with Crippen LogP contribution in [0.3, 0.4) is 0 Å². The van der Waals surface area contributed by atoms with Gasteiger partial charge in [-0.25, -0.2) is 4.98 Å².